The molecule has 144 valence electrons. The van der Waals surface area contributed by atoms with Crippen molar-refractivity contribution in [3.8, 4) is 5.75 Å². The quantitative estimate of drug-likeness (QED) is 0.833. The third kappa shape index (κ3) is 2.79. The van der Waals surface area contributed by atoms with Crippen molar-refractivity contribution in [1.29, 1.82) is 0 Å². The highest BCUT2D eigenvalue weighted by molar-refractivity contribution is 5.33. The van der Waals surface area contributed by atoms with Crippen LogP contribution in [-0.4, -0.2) is 58.4 Å². The lowest BCUT2D eigenvalue weighted by Crippen LogP contribution is -2.59. The molecule has 0 spiro atoms. The van der Waals surface area contributed by atoms with E-state index in [0.29, 0.717) is 18.0 Å². The molecule has 0 saturated carbocycles. The first kappa shape index (κ1) is 17.3. The molecule has 5 heteroatoms. The van der Waals surface area contributed by atoms with Gasteiger partial charge < -0.3 is 4.74 Å². The summed E-state index contributed by atoms with van der Waals surface area (Å²) in [7, 11) is 3.78. The summed E-state index contributed by atoms with van der Waals surface area (Å²) in [4.78, 5) is 5.54. The molecule has 0 N–H and O–H groups in total. The lowest BCUT2D eigenvalue weighted by atomic mass is 9.75. The van der Waals surface area contributed by atoms with E-state index in [0.717, 1.165) is 24.8 Å². The molecular weight excluding hydrogens is 336 g/mol. The molecule has 2 bridgehead atoms. The topological polar surface area (TPSA) is 33.5 Å². The van der Waals surface area contributed by atoms with Crippen molar-refractivity contribution in [1.82, 2.24) is 19.6 Å². The van der Waals surface area contributed by atoms with Crippen LogP contribution in [0, 0.1) is 12.8 Å². The standard InChI is InChI=1S/C22H30N4O/c1-15-18(12-23-24(15)2)13-26-14-20(16-4-6-19(27-3)7-5-16)22-21(26)17-8-10-25(22)11-9-17/h4-7,12,17,20-22H,8-11,13-14H2,1-3H3/t20-,21+,22+/m0/s1. The molecule has 4 aliphatic rings. The summed E-state index contributed by atoms with van der Waals surface area (Å²) in [6.07, 6.45) is 4.78. The molecule has 4 saturated heterocycles. The molecule has 1 aromatic carbocycles. The van der Waals surface area contributed by atoms with E-state index in [1.165, 1.54) is 42.8 Å². The molecular formula is C22H30N4O. The van der Waals surface area contributed by atoms with Crippen LogP contribution in [0.25, 0.3) is 0 Å². The van der Waals surface area contributed by atoms with Crippen LogP contribution in [0.5, 0.6) is 5.75 Å². The SMILES string of the molecule is COc1ccc([C@@H]2CN(Cc3cnn(C)c3C)[C@@H]3C4CCN(CC4)[C@@H]32)cc1. The van der Waals surface area contributed by atoms with E-state index in [1.54, 1.807) is 7.11 Å². The summed E-state index contributed by atoms with van der Waals surface area (Å²) in [5.41, 5.74) is 4.13. The highest BCUT2D eigenvalue weighted by Gasteiger charge is 2.53. The van der Waals surface area contributed by atoms with E-state index < -0.39 is 0 Å². The van der Waals surface area contributed by atoms with Gasteiger partial charge in [0, 0.05) is 49.4 Å². The molecule has 0 aliphatic carbocycles. The molecule has 4 aliphatic heterocycles. The number of benzene rings is 1. The van der Waals surface area contributed by atoms with Gasteiger partial charge in [-0.05, 0) is 56.5 Å². The van der Waals surface area contributed by atoms with Gasteiger partial charge in [0.2, 0.25) is 0 Å². The summed E-state index contributed by atoms with van der Waals surface area (Å²) in [5, 5.41) is 4.47. The first-order chi connectivity index (χ1) is 13.2. The van der Waals surface area contributed by atoms with E-state index in [4.69, 9.17) is 4.74 Å². The first-order valence-corrected chi connectivity index (χ1v) is 10.2. The molecule has 5 heterocycles. The highest BCUT2D eigenvalue weighted by atomic mass is 16.5. The first-order valence-electron chi connectivity index (χ1n) is 10.2. The number of aryl methyl sites for hydroxylation is 1. The van der Waals surface area contributed by atoms with Crippen molar-refractivity contribution < 1.29 is 4.74 Å². The zero-order valence-corrected chi connectivity index (χ0v) is 16.6. The average Bonchev–Trinajstić information content (AvgIpc) is 3.26. The van der Waals surface area contributed by atoms with Crippen LogP contribution in [0.1, 0.15) is 35.6 Å². The number of likely N-dealkylation sites (tertiary alicyclic amines) is 1. The molecule has 4 fully saturated rings. The zero-order valence-electron chi connectivity index (χ0n) is 16.6. The molecule has 5 nitrogen and oxygen atoms in total. The fraction of sp³-hybridized carbons (Fsp3) is 0.591. The number of methoxy groups -OCH3 is 1. The van der Waals surface area contributed by atoms with E-state index >= 15 is 0 Å². The maximum atomic E-state index is 5.37. The lowest BCUT2D eigenvalue weighted by Gasteiger charge is -2.51. The van der Waals surface area contributed by atoms with Gasteiger partial charge >= 0.3 is 0 Å². The summed E-state index contributed by atoms with van der Waals surface area (Å²) in [6.45, 7) is 6.91. The van der Waals surface area contributed by atoms with Crippen LogP contribution in [-0.2, 0) is 13.6 Å². The highest BCUT2D eigenvalue weighted by Crippen LogP contribution is 2.47. The Balaban J connectivity index is 1.46. The second kappa shape index (κ2) is 6.64. The van der Waals surface area contributed by atoms with Crippen LogP contribution in [0.15, 0.2) is 30.5 Å². The Hall–Kier alpha value is -1.85. The van der Waals surface area contributed by atoms with Gasteiger partial charge in [0.15, 0.2) is 0 Å². The molecule has 0 unspecified atom stereocenters. The fourth-order valence-electron chi connectivity index (χ4n) is 5.78. The monoisotopic (exact) mass is 366 g/mol. The van der Waals surface area contributed by atoms with Crippen LogP contribution < -0.4 is 4.74 Å². The number of hydrogen-bond donors (Lipinski definition) is 0. The van der Waals surface area contributed by atoms with Crippen molar-refractivity contribution in [3.05, 3.63) is 47.3 Å². The fourth-order valence-corrected chi connectivity index (χ4v) is 5.78. The average molecular weight is 367 g/mol. The molecule has 1 aromatic heterocycles. The van der Waals surface area contributed by atoms with Crippen molar-refractivity contribution >= 4 is 0 Å². The Morgan fingerprint density at radius 3 is 2.48 bits per heavy atom. The largest absolute Gasteiger partial charge is 0.497 e. The maximum Gasteiger partial charge on any atom is 0.118 e. The number of fused-ring (bicyclic) bond motifs is 2. The number of hydrogen-bond acceptors (Lipinski definition) is 4. The molecule has 3 atom stereocenters. The third-order valence-corrected chi connectivity index (χ3v) is 7.35. The van der Waals surface area contributed by atoms with Gasteiger partial charge in [-0.1, -0.05) is 12.1 Å². The van der Waals surface area contributed by atoms with Crippen LogP contribution in [0.3, 0.4) is 0 Å². The second-order valence-electron chi connectivity index (χ2n) is 8.54. The van der Waals surface area contributed by atoms with Crippen molar-refractivity contribution in [3.63, 3.8) is 0 Å². The van der Waals surface area contributed by atoms with E-state index in [2.05, 4.69) is 52.3 Å². The Bertz CT molecular complexity index is 806. The van der Waals surface area contributed by atoms with Crippen LogP contribution in [0.4, 0.5) is 0 Å². The molecule has 0 radical (unpaired) electrons. The third-order valence-electron chi connectivity index (χ3n) is 7.35. The minimum atomic E-state index is 0.584. The van der Waals surface area contributed by atoms with Crippen molar-refractivity contribution in [2.75, 3.05) is 26.7 Å². The van der Waals surface area contributed by atoms with Gasteiger partial charge in [-0.2, -0.15) is 5.10 Å². The van der Waals surface area contributed by atoms with Crippen molar-refractivity contribution in [2.45, 2.75) is 44.3 Å². The zero-order chi connectivity index (χ0) is 18.5. The molecule has 2 aromatic rings. The predicted molar refractivity (Wildman–Crippen MR) is 106 cm³/mol. The van der Waals surface area contributed by atoms with Gasteiger partial charge in [-0.15, -0.1) is 0 Å². The minimum absolute atomic E-state index is 0.584. The van der Waals surface area contributed by atoms with Crippen molar-refractivity contribution in [2.24, 2.45) is 13.0 Å². The van der Waals surface area contributed by atoms with Gasteiger partial charge in [-0.25, -0.2) is 0 Å². The van der Waals surface area contributed by atoms with Gasteiger partial charge in [0.25, 0.3) is 0 Å². The molecule has 6 rings (SSSR count). The van der Waals surface area contributed by atoms with E-state index in [9.17, 15) is 0 Å². The predicted octanol–water partition coefficient (Wildman–Crippen LogP) is 2.80. The van der Waals surface area contributed by atoms with E-state index in [-0.39, 0.29) is 0 Å². The van der Waals surface area contributed by atoms with Gasteiger partial charge in [-0.3, -0.25) is 14.5 Å². The number of rotatable bonds is 4. The molecule has 0 amide bonds. The minimum Gasteiger partial charge on any atom is -0.497 e. The summed E-state index contributed by atoms with van der Waals surface area (Å²) in [6, 6.07) is 10.1. The number of ether oxygens (including phenoxy) is 1. The Labute approximate surface area is 161 Å². The van der Waals surface area contributed by atoms with Crippen LogP contribution >= 0.6 is 0 Å². The summed E-state index contributed by atoms with van der Waals surface area (Å²) >= 11 is 0. The normalized spacial score (nSPS) is 32.6. The van der Waals surface area contributed by atoms with Crippen LogP contribution in [0.2, 0.25) is 0 Å². The summed E-state index contributed by atoms with van der Waals surface area (Å²) in [5.74, 6) is 2.38. The lowest BCUT2D eigenvalue weighted by molar-refractivity contribution is -0.00874. The smallest absolute Gasteiger partial charge is 0.118 e. The number of piperidine rings is 3. The second-order valence-corrected chi connectivity index (χ2v) is 8.54. The molecule has 27 heavy (non-hydrogen) atoms. The Kier molecular flexibility index (Phi) is 4.25. The summed E-state index contributed by atoms with van der Waals surface area (Å²) < 4.78 is 7.37. The number of nitrogens with zero attached hydrogens (tertiary/aromatic N) is 4. The Morgan fingerprint density at radius 2 is 1.85 bits per heavy atom. The maximum absolute atomic E-state index is 5.37. The van der Waals surface area contributed by atoms with Gasteiger partial charge in [0.05, 0.1) is 13.3 Å². The van der Waals surface area contributed by atoms with E-state index in [1.807, 2.05) is 11.7 Å². The van der Waals surface area contributed by atoms with Gasteiger partial charge in [0.1, 0.15) is 5.75 Å². The Morgan fingerprint density at radius 1 is 1.11 bits per heavy atom. The number of aromatic nitrogens is 2.